The normalized spacial score (nSPS) is 18.7. The molecule has 19 heavy (non-hydrogen) atoms. The number of aromatic nitrogens is 1. The zero-order chi connectivity index (χ0) is 13.5. The summed E-state index contributed by atoms with van der Waals surface area (Å²) in [6, 6.07) is 4.24. The van der Waals surface area contributed by atoms with Gasteiger partial charge in [0.05, 0.1) is 6.10 Å². The van der Waals surface area contributed by atoms with E-state index in [1.54, 1.807) is 0 Å². The molecule has 1 aliphatic heterocycles. The van der Waals surface area contributed by atoms with E-state index < -0.39 is 0 Å². The van der Waals surface area contributed by atoms with Crippen LogP contribution in [-0.4, -0.2) is 37.8 Å². The van der Waals surface area contributed by atoms with E-state index in [1.165, 1.54) is 18.4 Å². The number of nitrogens with one attached hydrogen (secondary N) is 1. The molecule has 2 heterocycles. The van der Waals surface area contributed by atoms with Gasteiger partial charge in [0.2, 0.25) is 0 Å². The van der Waals surface area contributed by atoms with Gasteiger partial charge in [0.15, 0.2) is 0 Å². The molecule has 1 saturated heterocycles. The second-order valence-corrected chi connectivity index (χ2v) is 5.22. The Morgan fingerprint density at radius 1 is 1.47 bits per heavy atom. The highest BCUT2D eigenvalue weighted by atomic mass is 16.5. The van der Waals surface area contributed by atoms with Crippen LogP contribution in [0.2, 0.25) is 0 Å². The molecule has 1 atom stereocenters. The zero-order valence-electron chi connectivity index (χ0n) is 12.1. The number of ether oxygens (including phenoxy) is 1. The van der Waals surface area contributed by atoms with Crippen LogP contribution in [0.25, 0.3) is 0 Å². The van der Waals surface area contributed by atoms with Gasteiger partial charge in [-0.2, -0.15) is 0 Å². The first-order valence-corrected chi connectivity index (χ1v) is 7.28. The predicted molar refractivity (Wildman–Crippen MR) is 78.5 cm³/mol. The van der Waals surface area contributed by atoms with Gasteiger partial charge in [-0.1, -0.05) is 13.0 Å². The summed E-state index contributed by atoms with van der Waals surface area (Å²) in [5.74, 6) is 1.02. The molecule has 0 aromatic carbocycles. The van der Waals surface area contributed by atoms with Crippen LogP contribution in [0.3, 0.4) is 0 Å². The van der Waals surface area contributed by atoms with Crippen molar-refractivity contribution in [1.82, 2.24) is 10.3 Å². The molecule has 1 fully saturated rings. The van der Waals surface area contributed by atoms with Crippen molar-refractivity contribution in [2.75, 3.05) is 31.6 Å². The fraction of sp³-hybridized carbons (Fsp3) is 0.667. The first-order chi connectivity index (χ1) is 9.29. The van der Waals surface area contributed by atoms with Crippen molar-refractivity contribution in [2.24, 2.45) is 0 Å². The second kappa shape index (κ2) is 7.46. The van der Waals surface area contributed by atoms with E-state index in [-0.39, 0.29) is 0 Å². The van der Waals surface area contributed by atoms with E-state index in [0.29, 0.717) is 6.10 Å². The molecular formula is C15H25N3O. The summed E-state index contributed by atoms with van der Waals surface area (Å²) in [5.41, 5.74) is 1.24. The average Bonchev–Trinajstić information content (AvgIpc) is 2.93. The van der Waals surface area contributed by atoms with Crippen molar-refractivity contribution in [3.8, 4) is 0 Å². The minimum Gasteiger partial charge on any atom is -0.376 e. The third kappa shape index (κ3) is 4.48. The Kier molecular flexibility index (Phi) is 5.61. The van der Waals surface area contributed by atoms with Crippen molar-refractivity contribution >= 4 is 5.82 Å². The molecule has 1 aromatic rings. The molecule has 0 spiro atoms. The van der Waals surface area contributed by atoms with E-state index >= 15 is 0 Å². The van der Waals surface area contributed by atoms with Gasteiger partial charge in [0.1, 0.15) is 5.82 Å². The minimum absolute atomic E-state index is 0.373. The van der Waals surface area contributed by atoms with Gasteiger partial charge >= 0.3 is 0 Å². The standard InChI is InChI=1S/C15H25N3O/c1-3-8-16-10-13-6-7-15(17-11-13)18(2)12-14-5-4-9-19-14/h6-7,11,14,16H,3-5,8-10,12H2,1-2H3. The second-order valence-electron chi connectivity index (χ2n) is 5.22. The molecule has 0 bridgehead atoms. The lowest BCUT2D eigenvalue weighted by Crippen LogP contribution is -2.29. The van der Waals surface area contributed by atoms with Crippen molar-refractivity contribution in [3.63, 3.8) is 0 Å². The maximum absolute atomic E-state index is 5.65. The molecule has 0 saturated carbocycles. The lowest BCUT2D eigenvalue weighted by molar-refractivity contribution is 0.116. The summed E-state index contributed by atoms with van der Waals surface area (Å²) < 4.78 is 5.65. The van der Waals surface area contributed by atoms with Crippen molar-refractivity contribution in [1.29, 1.82) is 0 Å². The van der Waals surface area contributed by atoms with Crippen molar-refractivity contribution in [3.05, 3.63) is 23.9 Å². The number of anilines is 1. The van der Waals surface area contributed by atoms with Crippen LogP contribution in [0, 0.1) is 0 Å². The van der Waals surface area contributed by atoms with Crippen LogP contribution in [0.4, 0.5) is 5.82 Å². The number of hydrogen-bond acceptors (Lipinski definition) is 4. The average molecular weight is 263 g/mol. The van der Waals surface area contributed by atoms with Gasteiger partial charge in [-0.3, -0.25) is 0 Å². The topological polar surface area (TPSA) is 37.4 Å². The fourth-order valence-electron chi connectivity index (χ4n) is 2.34. The third-order valence-corrected chi connectivity index (χ3v) is 3.46. The van der Waals surface area contributed by atoms with Gasteiger partial charge in [-0.15, -0.1) is 0 Å². The van der Waals surface area contributed by atoms with E-state index in [0.717, 1.165) is 38.5 Å². The molecule has 0 aliphatic carbocycles. The van der Waals surface area contributed by atoms with Crippen LogP contribution in [0.5, 0.6) is 0 Å². The van der Waals surface area contributed by atoms with Gasteiger partial charge in [0.25, 0.3) is 0 Å². The fourth-order valence-corrected chi connectivity index (χ4v) is 2.34. The molecular weight excluding hydrogens is 238 g/mol. The number of likely N-dealkylation sites (N-methyl/N-ethyl adjacent to an activating group) is 1. The molecule has 2 rings (SSSR count). The molecule has 1 aliphatic rings. The predicted octanol–water partition coefficient (Wildman–Crippen LogP) is 2.20. The summed E-state index contributed by atoms with van der Waals surface area (Å²) in [6.45, 7) is 5.97. The quantitative estimate of drug-likeness (QED) is 0.765. The van der Waals surface area contributed by atoms with E-state index in [2.05, 4.69) is 41.3 Å². The molecule has 0 amide bonds. The Hall–Kier alpha value is -1.13. The van der Waals surface area contributed by atoms with Gasteiger partial charge in [-0.25, -0.2) is 4.98 Å². The highest BCUT2D eigenvalue weighted by Gasteiger charge is 2.17. The van der Waals surface area contributed by atoms with Crippen molar-refractivity contribution < 1.29 is 4.74 Å². The first kappa shape index (κ1) is 14.3. The summed E-state index contributed by atoms with van der Waals surface area (Å²) in [7, 11) is 2.08. The SMILES string of the molecule is CCCNCc1ccc(N(C)CC2CCCO2)nc1. The third-order valence-electron chi connectivity index (χ3n) is 3.46. The van der Waals surface area contributed by atoms with E-state index in [1.807, 2.05) is 6.20 Å². The first-order valence-electron chi connectivity index (χ1n) is 7.28. The van der Waals surface area contributed by atoms with Crippen LogP contribution in [0.15, 0.2) is 18.3 Å². The molecule has 4 heteroatoms. The molecule has 0 radical (unpaired) electrons. The summed E-state index contributed by atoms with van der Waals surface area (Å²) in [4.78, 5) is 6.71. The van der Waals surface area contributed by atoms with Gasteiger partial charge in [-0.05, 0) is 37.4 Å². The Bertz CT molecular complexity index is 360. The molecule has 1 N–H and O–H groups in total. The van der Waals surface area contributed by atoms with Crippen molar-refractivity contribution in [2.45, 2.75) is 38.8 Å². The Morgan fingerprint density at radius 3 is 3.00 bits per heavy atom. The van der Waals surface area contributed by atoms with Gasteiger partial charge < -0.3 is 15.0 Å². The van der Waals surface area contributed by atoms with Crippen LogP contribution in [-0.2, 0) is 11.3 Å². The number of nitrogens with zero attached hydrogens (tertiary/aromatic N) is 2. The number of rotatable bonds is 7. The van der Waals surface area contributed by atoms with Crippen LogP contribution < -0.4 is 10.2 Å². The summed E-state index contributed by atoms with van der Waals surface area (Å²) >= 11 is 0. The minimum atomic E-state index is 0.373. The molecule has 1 unspecified atom stereocenters. The number of pyridine rings is 1. The zero-order valence-corrected chi connectivity index (χ0v) is 12.1. The van der Waals surface area contributed by atoms with E-state index in [9.17, 15) is 0 Å². The Labute approximate surface area is 116 Å². The van der Waals surface area contributed by atoms with Gasteiger partial charge in [0, 0.05) is 32.9 Å². The number of hydrogen-bond donors (Lipinski definition) is 1. The molecule has 4 nitrogen and oxygen atoms in total. The lowest BCUT2D eigenvalue weighted by atomic mass is 10.2. The Morgan fingerprint density at radius 2 is 2.37 bits per heavy atom. The maximum atomic E-state index is 5.65. The van der Waals surface area contributed by atoms with Crippen LogP contribution >= 0.6 is 0 Å². The summed E-state index contributed by atoms with van der Waals surface area (Å²) in [5, 5.41) is 3.39. The lowest BCUT2D eigenvalue weighted by Gasteiger charge is -2.21. The highest BCUT2D eigenvalue weighted by molar-refractivity contribution is 5.38. The Balaban J connectivity index is 1.82. The molecule has 106 valence electrons. The van der Waals surface area contributed by atoms with E-state index in [4.69, 9.17) is 4.74 Å². The maximum Gasteiger partial charge on any atom is 0.128 e. The molecule has 1 aromatic heterocycles. The largest absolute Gasteiger partial charge is 0.376 e. The van der Waals surface area contributed by atoms with Crippen LogP contribution in [0.1, 0.15) is 31.7 Å². The summed E-state index contributed by atoms with van der Waals surface area (Å²) in [6.07, 6.45) is 5.86. The monoisotopic (exact) mass is 263 g/mol. The smallest absolute Gasteiger partial charge is 0.128 e. The highest BCUT2D eigenvalue weighted by Crippen LogP contribution is 2.16.